The van der Waals surface area contributed by atoms with Crippen LogP contribution in [0.4, 0.5) is 0 Å². The van der Waals surface area contributed by atoms with E-state index in [2.05, 4.69) is 26.0 Å². The number of allylic oxidation sites excluding steroid dienone is 2. The van der Waals surface area contributed by atoms with Crippen LogP contribution in [0.15, 0.2) is 12.2 Å². The summed E-state index contributed by atoms with van der Waals surface area (Å²) in [6.07, 6.45) is 19.9. The highest BCUT2D eigenvalue weighted by molar-refractivity contribution is 7.47. The smallest absolute Gasteiger partial charge is 0.462 e. The summed E-state index contributed by atoms with van der Waals surface area (Å²) in [5.41, 5.74) is 0. The lowest BCUT2D eigenvalue weighted by Crippen LogP contribution is -2.64. The summed E-state index contributed by atoms with van der Waals surface area (Å²) in [4.78, 5) is 35.6. The number of aliphatic hydroxyl groups excluding tert-OH is 5. The van der Waals surface area contributed by atoms with E-state index in [0.717, 1.165) is 57.8 Å². The molecule has 0 saturated heterocycles. The van der Waals surface area contributed by atoms with Crippen molar-refractivity contribution in [3.63, 3.8) is 0 Å². The minimum Gasteiger partial charge on any atom is -0.462 e. The summed E-state index contributed by atoms with van der Waals surface area (Å²) < 4.78 is 33.4. The third kappa shape index (κ3) is 25.8. The van der Waals surface area contributed by atoms with Crippen molar-refractivity contribution < 1.29 is 63.1 Å². The van der Waals surface area contributed by atoms with Gasteiger partial charge in [0, 0.05) is 12.8 Å². The average Bonchev–Trinajstić information content (AvgIpc) is 3.18. The molecule has 0 aromatic heterocycles. The summed E-state index contributed by atoms with van der Waals surface area (Å²) >= 11 is 0. The largest absolute Gasteiger partial charge is 0.472 e. The molecular formula is C42H79O13P. The zero-order chi connectivity index (χ0) is 41.4. The van der Waals surface area contributed by atoms with E-state index in [9.17, 15) is 44.6 Å². The molecule has 0 aromatic rings. The Kier molecular flexibility index (Phi) is 31.4. The van der Waals surface area contributed by atoms with Gasteiger partial charge < -0.3 is 39.9 Å². The molecule has 1 saturated carbocycles. The summed E-state index contributed by atoms with van der Waals surface area (Å²) in [5.74, 6) is -1.10. The van der Waals surface area contributed by atoms with E-state index in [1.165, 1.54) is 89.9 Å². The maximum Gasteiger partial charge on any atom is 0.472 e. The maximum atomic E-state index is 12.8. The predicted molar refractivity (Wildman–Crippen MR) is 217 cm³/mol. The Labute approximate surface area is 337 Å². The number of rotatable bonds is 36. The Morgan fingerprint density at radius 1 is 0.536 bits per heavy atom. The molecule has 1 aliphatic rings. The number of carbonyl (C=O) groups excluding carboxylic acids is 2. The Morgan fingerprint density at radius 3 is 1.39 bits per heavy atom. The fraction of sp³-hybridized carbons (Fsp3) is 0.905. The van der Waals surface area contributed by atoms with Gasteiger partial charge >= 0.3 is 19.8 Å². The lowest BCUT2D eigenvalue weighted by atomic mass is 9.85. The number of unbranched alkanes of at least 4 members (excludes halogenated alkanes) is 22. The normalized spacial score (nSPS) is 22.9. The van der Waals surface area contributed by atoms with E-state index < -0.39 is 75.7 Å². The standard InChI is InChI=1S/C42H79O13P/c1-3-5-7-9-11-13-15-17-18-19-21-22-24-26-28-30-35(43)52-32-34(54-36(44)31-29-27-25-23-20-16-14-12-10-8-6-4-2)33-53-56(50,51)55-42-40(48)38(46)37(45)39(47)41(42)49/h12,14,34,37-42,45-49H,3-11,13,15-33H2,1-2H3,(H,50,51)/b14-12-. The monoisotopic (exact) mass is 823 g/mol. The molecule has 0 bridgehead atoms. The average molecular weight is 823 g/mol. The van der Waals surface area contributed by atoms with Gasteiger partial charge in [0.05, 0.1) is 6.61 Å². The van der Waals surface area contributed by atoms with Crippen molar-refractivity contribution in [3.05, 3.63) is 12.2 Å². The molecule has 0 aliphatic heterocycles. The molecule has 0 heterocycles. The fourth-order valence-corrected chi connectivity index (χ4v) is 7.73. The lowest BCUT2D eigenvalue weighted by Gasteiger charge is -2.41. The summed E-state index contributed by atoms with van der Waals surface area (Å²) in [6.45, 7) is 3.26. The summed E-state index contributed by atoms with van der Waals surface area (Å²) in [5, 5.41) is 50.0. The first-order valence-corrected chi connectivity index (χ1v) is 23.5. The second-order valence-electron chi connectivity index (χ2n) is 15.6. The van der Waals surface area contributed by atoms with Gasteiger partial charge in [0.15, 0.2) is 6.10 Å². The first-order chi connectivity index (χ1) is 26.9. The minimum atomic E-state index is -5.11. The van der Waals surface area contributed by atoms with Crippen LogP contribution in [0.2, 0.25) is 0 Å². The van der Waals surface area contributed by atoms with Crippen LogP contribution in [0.3, 0.4) is 0 Å². The van der Waals surface area contributed by atoms with Crippen molar-refractivity contribution in [2.45, 2.75) is 230 Å². The molecule has 1 fully saturated rings. The topological polar surface area (TPSA) is 210 Å². The molecule has 6 unspecified atom stereocenters. The quantitative estimate of drug-likeness (QED) is 0.0154. The van der Waals surface area contributed by atoms with Crippen LogP contribution >= 0.6 is 7.82 Å². The van der Waals surface area contributed by atoms with Crippen LogP contribution in [0.1, 0.15) is 187 Å². The molecular weight excluding hydrogens is 743 g/mol. The van der Waals surface area contributed by atoms with Crippen molar-refractivity contribution in [1.82, 2.24) is 0 Å². The molecule has 1 rings (SSSR count). The Balaban J connectivity index is 2.47. The molecule has 1 aliphatic carbocycles. The zero-order valence-electron chi connectivity index (χ0n) is 34.7. The molecule has 6 atom stereocenters. The SMILES string of the molecule is CCCCC/C=C\CCCCCCCC(=O)OC(COC(=O)CCCCCCCCCCCCCCCCC)COP(=O)(O)OC1C(O)C(O)C(O)C(O)C1O. The van der Waals surface area contributed by atoms with Gasteiger partial charge in [-0.1, -0.05) is 148 Å². The molecule has 6 N–H and O–H groups in total. The van der Waals surface area contributed by atoms with Crippen LogP contribution in [-0.2, 0) is 32.7 Å². The Bertz CT molecular complexity index is 1040. The highest BCUT2D eigenvalue weighted by Gasteiger charge is 2.51. The van der Waals surface area contributed by atoms with Crippen LogP contribution in [-0.4, -0.2) is 98.3 Å². The first kappa shape index (κ1) is 52.6. The Hall–Kier alpha value is -1.41. The van der Waals surface area contributed by atoms with E-state index in [-0.39, 0.29) is 12.8 Å². The zero-order valence-corrected chi connectivity index (χ0v) is 35.6. The van der Waals surface area contributed by atoms with Crippen LogP contribution in [0.25, 0.3) is 0 Å². The van der Waals surface area contributed by atoms with Gasteiger partial charge in [0.1, 0.15) is 43.2 Å². The van der Waals surface area contributed by atoms with E-state index in [4.69, 9.17) is 18.5 Å². The molecule has 330 valence electrons. The van der Waals surface area contributed by atoms with E-state index in [0.29, 0.717) is 12.8 Å². The van der Waals surface area contributed by atoms with Crippen molar-refractivity contribution in [2.24, 2.45) is 0 Å². The number of carbonyl (C=O) groups is 2. The van der Waals surface area contributed by atoms with Gasteiger partial charge in [-0.2, -0.15) is 0 Å². The van der Waals surface area contributed by atoms with Crippen molar-refractivity contribution in [1.29, 1.82) is 0 Å². The second kappa shape index (κ2) is 33.4. The summed E-state index contributed by atoms with van der Waals surface area (Å²) in [6, 6.07) is 0. The van der Waals surface area contributed by atoms with Crippen molar-refractivity contribution >= 4 is 19.8 Å². The number of hydrogen-bond donors (Lipinski definition) is 6. The van der Waals surface area contributed by atoms with Gasteiger partial charge in [0.2, 0.25) is 0 Å². The molecule has 0 aromatic carbocycles. The predicted octanol–water partition coefficient (Wildman–Crippen LogP) is 7.89. The van der Waals surface area contributed by atoms with Gasteiger partial charge in [0.25, 0.3) is 0 Å². The molecule has 0 spiro atoms. The number of aliphatic hydroxyl groups is 5. The number of esters is 2. The number of hydrogen-bond acceptors (Lipinski definition) is 12. The van der Waals surface area contributed by atoms with Gasteiger partial charge in [-0.05, 0) is 38.5 Å². The molecule has 13 nitrogen and oxygen atoms in total. The van der Waals surface area contributed by atoms with E-state index in [1.807, 2.05) is 0 Å². The maximum absolute atomic E-state index is 12.8. The lowest BCUT2D eigenvalue weighted by molar-refractivity contribution is -0.220. The van der Waals surface area contributed by atoms with Crippen molar-refractivity contribution in [2.75, 3.05) is 13.2 Å². The third-order valence-electron chi connectivity index (χ3n) is 10.4. The van der Waals surface area contributed by atoms with E-state index in [1.54, 1.807) is 0 Å². The fourth-order valence-electron chi connectivity index (χ4n) is 6.75. The van der Waals surface area contributed by atoms with Crippen molar-refractivity contribution in [3.8, 4) is 0 Å². The molecule has 14 heteroatoms. The molecule has 0 radical (unpaired) electrons. The number of ether oxygens (including phenoxy) is 2. The van der Waals surface area contributed by atoms with E-state index >= 15 is 0 Å². The number of phosphoric ester groups is 1. The third-order valence-corrected chi connectivity index (χ3v) is 11.3. The molecule has 56 heavy (non-hydrogen) atoms. The first-order valence-electron chi connectivity index (χ1n) is 22.0. The van der Waals surface area contributed by atoms with Gasteiger partial charge in [-0.25, -0.2) is 4.57 Å². The highest BCUT2D eigenvalue weighted by Crippen LogP contribution is 2.47. The van der Waals surface area contributed by atoms with Crippen LogP contribution in [0.5, 0.6) is 0 Å². The van der Waals surface area contributed by atoms with Gasteiger partial charge in [-0.15, -0.1) is 0 Å². The Morgan fingerprint density at radius 2 is 0.911 bits per heavy atom. The molecule has 0 amide bonds. The van der Waals surface area contributed by atoms with Crippen LogP contribution in [0, 0.1) is 0 Å². The van der Waals surface area contributed by atoms with Crippen LogP contribution < -0.4 is 0 Å². The summed E-state index contributed by atoms with van der Waals surface area (Å²) in [7, 11) is -5.11. The number of phosphoric acid groups is 1. The minimum absolute atomic E-state index is 0.0900. The van der Waals surface area contributed by atoms with Gasteiger partial charge in [-0.3, -0.25) is 18.6 Å². The highest BCUT2D eigenvalue weighted by atomic mass is 31.2. The second-order valence-corrected chi connectivity index (χ2v) is 17.0.